The zero-order valence-electron chi connectivity index (χ0n) is 16.8. The number of imidazole rings is 1. The number of pyridine rings is 1. The number of ether oxygens (including phenoxy) is 2. The van der Waals surface area contributed by atoms with Crippen LogP contribution in [0, 0.1) is 0 Å². The van der Waals surface area contributed by atoms with Gasteiger partial charge in [0.05, 0.1) is 36.0 Å². The van der Waals surface area contributed by atoms with Gasteiger partial charge in [-0.3, -0.25) is 4.40 Å². The summed E-state index contributed by atoms with van der Waals surface area (Å²) in [4.78, 5) is 18.2. The number of methoxy groups -OCH3 is 1. The van der Waals surface area contributed by atoms with E-state index in [1.165, 1.54) is 0 Å². The first-order valence-electron chi connectivity index (χ1n) is 9.86. The summed E-state index contributed by atoms with van der Waals surface area (Å²) < 4.78 is 13.0. The van der Waals surface area contributed by atoms with Gasteiger partial charge >= 0.3 is 5.97 Å². The van der Waals surface area contributed by atoms with E-state index in [-0.39, 0.29) is 5.97 Å². The molecule has 0 atom stereocenters. The van der Waals surface area contributed by atoms with Crippen LogP contribution in [-0.4, -0.2) is 29.1 Å². The molecule has 0 aliphatic carbocycles. The predicted octanol–water partition coefficient (Wildman–Crippen LogP) is 5.49. The van der Waals surface area contributed by atoms with Crippen LogP contribution in [0.3, 0.4) is 0 Å². The van der Waals surface area contributed by atoms with Crippen molar-refractivity contribution >= 4 is 33.4 Å². The van der Waals surface area contributed by atoms with Crippen molar-refractivity contribution in [1.82, 2.24) is 9.38 Å². The number of benzene rings is 3. The van der Waals surface area contributed by atoms with Crippen LogP contribution in [-0.2, 0) is 4.74 Å². The molecule has 5 aromatic rings. The smallest absolute Gasteiger partial charge is 0.340 e. The fraction of sp³-hybridized carbons (Fsp3) is 0.120. The van der Waals surface area contributed by atoms with Crippen molar-refractivity contribution in [2.45, 2.75) is 6.92 Å². The number of para-hydroxylation sites is 2. The Hall–Kier alpha value is -3.86. The maximum atomic E-state index is 13.3. The highest BCUT2D eigenvalue weighted by atomic mass is 16.5. The van der Waals surface area contributed by atoms with Gasteiger partial charge in [-0.15, -0.1) is 0 Å². The van der Waals surface area contributed by atoms with E-state index in [0.29, 0.717) is 17.9 Å². The Balaban J connectivity index is 2.07. The average molecular weight is 396 g/mol. The highest BCUT2D eigenvalue weighted by molar-refractivity contribution is 6.14. The minimum Gasteiger partial charge on any atom is -0.497 e. The van der Waals surface area contributed by atoms with Gasteiger partial charge in [-0.1, -0.05) is 42.5 Å². The van der Waals surface area contributed by atoms with Gasteiger partial charge < -0.3 is 9.47 Å². The average Bonchev–Trinajstić information content (AvgIpc) is 3.18. The Morgan fingerprint density at radius 3 is 2.50 bits per heavy atom. The molecule has 0 saturated carbocycles. The Morgan fingerprint density at radius 2 is 1.73 bits per heavy atom. The molecule has 2 aromatic heterocycles. The minimum absolute atomic E-state index is 0.293. The molecule has 0 spiro atoms. The molecular weight excluding hydrogens is 376 g/mol. The van der Waals surface area contributed by atoms with Gasteiger partial charge in [0.25, 0.3) is 0 Å². The Bertz CT molecular complexity index is 1400. The minimum atomic E-state index is -0.366. The van der Waals surface area contributed by atoms with Gasteiger partial charge in [-0.05, 0) is 42.8 Å². The summed E-state index contributed by atoms with van der Waals surface area (Å²) in [6.07, 6.45) is 0. The lowest BCUT2D eigenvalue weighted by Gasteiger charge is -2.17. The molecule has 5 heteroatoms. The van der Waals surface area contributed by atoms with Crippen LogP contribution in [0.5, 0.6) is 5.75 Å². The van der Waals surface area contributed by atoms with E-state index in [4.69, 9.17) is 14.5 Å². The molecule has 3 aromatic carbocycles. The van der Waals surface area contributed by atoms with Crippen LogP contribution in [0.25, 0.3) is 38.7 Å². The van der Waals surface area contributed by atoms with Gasteiger partial charge in [0, 0.05) is 10.8 Å². The molecule has 2 heterocycles. The fourth-order valence-electron chi connectivity index (χ4n) is 4.00. The number of carbonyl (C=O) groups excluding carboxylic acids is 1. The third-order valence-electron chi connectivity index (χ3n) is 5.28. The Kier molecular flexibility index (Phi) is 4.36. The summed E-state index contributed by atoms with van der Waals surface area (Å²) in [7, 11) is 1.62. The number of nitrogens with zero attached hydrogens (tertiary/aromatic N) is 2. The van der Waals surface area contributed by atoms with Gasteiger partial charge in [0.15, 0.2) is 0 Å². The third-order valence-corrected chi connectivity index (χ3v) is 5.28. The maximum absolute atomic E-state index is 13.3. The predicted molar refractivity (Wildman–Crippen MR) is 118 cm³/mol. The largest absolute Gasteiger partial charge is 0.497 e. The van der Waals surface area contributed by atoms with Crippen molar-refractivity contribution < 1.29 is 14.3 Å². The standard InChI is InChI=1S/C25H20N2O3/c1-3-30-25(28)22-19-15-17(29-2)13-14-18(19)24-26-20-11-7-8-12-21(20)27(24)23(22)16-9-5-4-6-10-16/h4-15H,3H2,1-2H3. The maximum Gasteiger partial charge on any atom is 0.340 e. The van der Waals surface area contributed by atoms with Crippen LogP contribution in [0.2, 0.25) is 0 Å². The van der Waals surface area contributed by atoms with Crippen molar-refractivity contribution in [1.29, 1.82) is 0 Å². The summed E-state index contributed by atoms with van der Waals surface area (Å²) in [5.41, 5.74) is 4.78. The molecule has 148 valence electrons. The second-order valence-corrected chi connectivity index (χ2v) is 6.98. The van der Waals surface area contributed by atoms with E-state index in [9.17, 15) is 4.79 Å². The quantitative estimate of drug-likeness (QED) is 0.377. The van der Waals surface area contributed by atoms with Crippen molar-refractivity contribution in [2.24, 2.45) is 0 Å². The Labute approximate surface area is 173 Å². The topological polar surface area (TPSA) is 52.8 Å². The highest BCUT2D eigenvalue weighted by Gasteiger charge is 2.25. The molecule has 0 saturated heterocycles. The SMILES string of the molecule is CCOC(=O)c1c(-c2ccccc2)n2c3ccccc3nc2c2ccc(OC)cc12. The van der Waals surface area contributed by atoms with Crippen molar-refractivity contribution in [2.75, 3.05) is 13.7 Å². The monoisotopic (exact) mass is 396 g/mol. The van der Waals surface area contributed by atoms with Crippen molar-refractivity contribution in [3.63, 3.8) is 0 Å². The number of rotatable bonds is 4. The van der Waals surface area contributed by atoms with E-state index in [2.05, 4.69) is 4.40 Å². The lowest BCUT2D eigenvalue weighted by atomic mass is 9.98. The molecule has 0 amide bonds. The van der Waals surface area contributed by atoms with Crippen LogP contribution >= 0.6 is 0 Å². The number of esters is 1. The molecule has 0 aliphatic heterocycles. The summed E-state index contributed by atoms with van der Waals surface area (Å²) in [6.45, 7) is 2.11. The zero-order chi connectivity index (χ0) is 20.7. The molecule has 0 bridgehead atoms. The lowest BCUT2D eigenvalue weighted by Crippen LogP contribution is -2.11. The van der Waals surface area contributed by atoms with Gasteiger partial charge in [0.2, 0.25) is 0 Å². The molecule has 0 fully saturated rings. The van der Waals surface area contributed by atoms with Crippen LogP contribution < -0.4 is 4.74 Å². The fourth-order valence-corrected chi connectivity index (χ4v) is 4.00. The lowest BCUT2D eigenvalue weighted by molar-refractivity contribution is 0.0529. The van der Waals surface area contributed by atoms with Gasteiger partial charge in [-0.25, -0.2) is 9.78 Å². The van der Waals surface area contributed by atoms with Crippen LogP contribution in [0.15, 0.2) is 72.8 Å². The number of fused-ring (bicyclic) bond motifs is 5. The summed E-state index contributed by atoms with van der Waals surface area (Å²) in [5.74, 6) is 0.307. The van der Waals surface area contributed by atoms with E-state index in [1.54, 1.807) is 7.11 Å². The van der Waals surface area contributed by atoms with Crippen molar-refractivity contribution in [3.05, 3.63) is 78.4 Å². The summed E-state index contributed by atoms with van der Waals surface area (Å²) >= 11 is 0. The van der Waals surface area contributed by atoms with E-state index in [1.807, 2.05) is 79.7 Å². The molecule has 5 nitrogen and oxygen atoms in total. The van der Waals surface area contributed by atoms with E-state index >= 15 is 0 Å². The molecule has 0 unspecified atom stereocenters. The normalized spacial score (nSPS) is 11.3. The molecule has 0 radical (unpaired) electrons. The van der Waals surface area contributed by atoms with E-state index < -0.39 is 0 Å². The van der Waals surface area contributed by atoms with Crippen LogP contribution in [0.4, 0.5) is 0 Å². The number of hydrogen-bond acceptors (Lipinski definition) is 4. The zero-order valence-corrected chi connectivity index (χ0v) is 16.8. The molecule has 0 aliphatic rings. The van der Waals surface area contributed by atoms with Gasteiger partial charge in [-0.2, -0.15) is 0 Å². The van der Waals surface area contributed by atoms with Crippen molar-refractivity contribution in [3.8, 4) is 17.0 Å². The summed E-state index contributed by atoms with van der Waals surface area (Å²) in [6, 6.07) is 23.6. The third kappa shape index (κ3) is 2.70. The van der Waals surface area contributed by atoms with Crippen LogP contribution in [0.1, 0.15) is 17.3 Å². The number of aromatic nitrogens is 2. The second kappa shape index (κ2) is 7.19. The van der Waals surface area contributed by atoms with E-state index in [0.717, 1.165) is 38.7 Å². The first kappa shape index (κ1) is 18.2. The van der Waals surface area contributed by atoms with Gasteiger partial charge in [0.1, 0.15) is 11.4 Å². The molecular formula is C25H20N2O3. The second-order valence-electron chi connectivity index (χ2n) is 6.98. The highest BCUT2D eigenvalue weighted by Crippen LogP contribution is 2.37. The number of hydrogen-bond donors (Lipinski definition) is 0. The molecule has 5 rings (SSSR count). The first-order valence-corrected chi connectivity index (χ1v) is 9.86. The first-order chi connectivity index (χ1) is 14.7. The summed E-state index contributed by atoms with van der Waals surface area (Å²) in [5, 5.41) is 1.63. The Morgan fingerprint density at radius 1 is 0.967 bits per heavy atom. The number of carbonyl (C=O) groups is 1. The molecule has 30 heavy (non-hydrogen) atoms. The molecule has 0 N–H and O–H groups in total.